The zero-order valence-electron chi connectivity index (χ0n) is 11.0. The van der Waals surface area contributed by atoms with E-state index in [4.69, 9.17) is 0 Å². The van der Waals surface area contributed by atoms with Gasteiger partial charge >= 0.3 is 6.18 Å². The molecule has 0 radical (unpaired) electrons. The van der Waals surface area contributed by atoms with Gasteiger partial charge in [-0.05, 0) is 6.42 Å². The van der Waals surface area contributed by atoms with Gasteiger partial charge in [-0.25, -0.2) is 0 Å². The van der Waals surface area contributed by atoms with E-state index in [0.29, 0.717) is 11.9 Å². The number of hydrogen-bond acceptors (Lipinski definition) is 6. The van der Waals surface area contributed by atoms with E-state index in [-0.39, 0.29) is 18.9 Å². The van der Waals surface area contributed by atoms with Crippen molar-refractivity contribution in [1.29, 1.82) is 0 Å². The second-order valence-electron chi connectivity index (χ2n) is 4.07. The molecular weight excluding hydrogens is 261 g/mol. The molecule has 108 valence electrons. The van der Waals surface area contributed by atoms with Crippen molar-refractivity contribution in [3.63, 3.8) is 0 Å². The molecule has 2 N–H and O–H groups in total. The monoisotopic (exact) mass is 278 g/mol. The van der Waals surface area contributed by atoms with Crippen LogP contribution in [-0.2, 0) is 0 Å². The smallest absolute Gasteiger partial charge is 0.357 e. The summed E-state index contributed by atoms with van der Waals surface area (Å²) < 4.78 is 36.0. The van der Waals surface area contributed by atoms with Crippen LogP contribution in [0.2, 0.25) is 0 Å². The van der Waals surface area contributed by atoms with Crippen molar-refractivity contribution in [2.45, 2.75) is 19.0 Å². The summed E-state index contributed by atoms with van der Waals surface area (Å²) in [6.07, 6.45) is -4.99. The third-order valence-electron chi connectivity index (χ3n) is 2.17. The summed E-state index contributed by atoms with van der Waals surface area (Å²) >= 11 is 0. The van der Waals surface area contributed by atoms with E-state index in [1.807, 2.05) is 0 Å². The number of nitrogens with one attached hydrogen (secondary N) is 2. The minimum Gasteiger partial charge on any atom is -0.357 e. The number of halogens is 3. The molecule has 1 aromatic rings. The predicted molar refractivity (Wildman–Crippen MR) is 67.5 cm³/mol. The molecule has 1 rings (SSSR count). The van der Waals surface area contributed by atoms with Gasteiger partial charge in [-0.1, -0.05) is 0 Å². The van der Waals surface area contributed by atoms with Crippen molar-refractivity contribution < 1.29 is 13.2 Å². The summed E-state index contributed by atoms with van der Waals surface area (Å²) in [7, 11) is 5.19. The van der Waals surface area contributed by atoms with E-state index < -0.39 is 12.6 Å². The van der Waals surface area contributed by atoms with E-state index in [2.05, 4.69) is 25.6 Å². The van der Waals surface area contributed by atoms with E-state index in [9.17, 15) is 13.2 Å². The zero-order chi connectivity index (χ0) is 14.5. The summed E-state index contributed by atoms with van der Waals surface area (Å²) in [5.74, 6) is 1.04. The Kier molecular flexibility index (Phi) is 5.13. The fraction of sp³-hybridized carbons (Fsp3) is 0.700. The van der Waals surface area contributed by atoms with Gasteiger partial charge in [0.05, 0.1) is 0 Å². The Labute approximate surface area is 109 Å². The molecule has 1 heterocycles. The fourth-order valence-corrected chi connectivity index (χ4v) is 1.24. The second kappa shape index (κ2) is 6.39. The van der Waals surface area contributed by atoms with Gasteiger partial charge in [0.2, 0.25) is 17.8 Å². The third kappa shape index (κ3) is 5.58. The van der Waals surface area contributed by atoms with Crippen LogP contribution in [0.3, 0.4) is 0 Å². The SMILES string of the molecule is CNc1nc(NCCCC(F)(F)F)nc(N(C)C)n1. The van der Waals surface area contributed by atoms with Gasteiger partial charge in [-0.3, -0.25) is 0 Å². The molecule has 0 amide bonds. The lowest BCUT2D eigenvalue weighted by atomic mass is 10.3. The molecule has 0 unspecified atom stereocenters. The highest BCUT2D eigenvalue weighted by atomic mass is 19.4. The summed E-state index contributed by atoms with van der Waals surface area (Å²) in [6.45, 7) is 0.152. The Morgan fingerprint density at radius 1 is 1.11 bits per heavy atom. The van der Waals surface area contributed by atoms with Crippen LogP contribution in [0.5, 0.6) is 0 Å². The molecule has 0 atom stereocenters. The average Bonchev–Trinajstić information content (AvgIpc) is 2.33. The highest BCUT2D eigenvalue weighted by Gasteiger charge is 2.25. The molecule has 0 fully saturated rings. The fourth-order valence-electron chi connectivity index (χ4n) is 1.24. The first kappa shape index (κ1) is 15.3. The zero-order valence-corrected chi connectivity index (χ0v) is 11.0. The van der Waals surface area contributed by atoms with Crippen molar-refractivity contribution in [3.8, 4) is 0 Å². The van der Waals surface area contributed by atoms with Crippen LogP contribution in [0.25, 0.3) is 0 Å². The molecule has 0 aliphatic carbocycles. The number of rotatable bonds is 6. The maximum absolute atomic E-state index is 12.0. The van der Waals surface area contributed by atoms with Crippen molar-refractivity contribution in [3.05, 3.63) is 0 Å². The standard InChI is InChI=1S/C10H17F3N6/c1-14-7-16-8(18-9(17-7)19(2)3)15-6-4-5-10(11,12)13/h4-6H2,1-3H3,(H2,14,15,16,17,18). The van der Waals surface area contributed by atoms with Crippen LogP contribution in [0, 0.1) is 0 Å². The van der Waals surface area contributed by atoms with E-state index >= 15 is 0 Å². The third-order valence-corrected chi connectivity index (χ3v) is 2.17. The quantitative estimate of drug-likeness (QED) is 0.773. The second-order valence-corrected chi connectivity index (χ2v) is 4.07. The molecule has 0 spiro atoms. The number of anilines is 3. The molecule has 0 saturated heterocycles. The molecule has 6 nitrogen and oxygen atoms in total. The average molecular weight is 278 g/mol. The van der Waals surface area contributed by atoms with Crippen molar-refractivity contribution in [1.82, 2.24) is 15.0 Å². The summed E-state index contributed by atoms with van der Waals surface area (Å²) in [4.78, 5) is 13.9. The van der Waals surface area contributed by atoms with E-state index in [0.717, 1.165) is 0 Å². The van der Waals surface area contributed by atoms with Crippen LogP contribution >= 0.6 is 0 Å². The van der Waals surface area contributed by atoms with E-state index in [1.165, 1.54) is 0 Å². The normalized spacial score (nSPS) is 11.3. The van der Waals surface area contributed by atoms with Crippen LogP contribution in [0.15, 0.2) is 0 Å². The van der Waals surface area contributed by atoms with Crippen LogP contribution in [0.4, 0.5) is 31.0 Å². The Balaban J connectivity index is 2.60. The lowest BCUT2D eigenvalue weighted by Gasteiger charge is -2.13. The molecule has 0 aromatic carbocycles. The number of nitrogens with zero attached hydrogens (tertiary/aromatic N) is 4. The topological polar surface area (TPSA) is 66.0 Å². The molecule has 1 aromatic heterocycles. The van der Waals surface area contributed by atoms with Gasteiger partial charge in [-0.15, -0.1) is 0 Å². The maximum Gasteiger partial charge on any atom is 0.389 e. The maximum atomic E-state index is 12.0. The highest BCUT2D eigenvalue weighted by molar-refractivity contribution is 5.42. The largest absolute Gasteiger partial charge is 0.389 e. The minimum absolute atomic E-state index is 0.0264. The van der Waals surface area contributed by atoms with Gasteiger partial charge in [0.25, 0.3) is 0 Å². The van der Waals surface area contributed by atoms with Crippen molar-refractivity contribution >= 4 is 17.8 Å². The van der Waals surface area contributed by atoms with Crippen LogP contribution < -0.4 is 15.5 Å². The van der Waals surface area contributed by atoms with Crippen LogP contribution in [0.1, 0.15) is 12.8 Å². The highest BCUT2D eigenvalue weighted by Crippen LogP contribution is 2.21. The van der Waals surface area contributed by atoms with Gasteiger partial charge in [-0.2, -0.15) is 28.1 Å². The first-order chi connectivity index (χ1) is 8.81. The molecule has 0 bridgehead atoms. The summed E-state index contributed by atoms with van der Waals surface area (Å²) in [5.41, 5.74) is 0. The molecular formula is C10H17F3N6. The van der Waals surface area contributed by atoms with Gasteiger partial charge in [0.1, 0.15) is 0 Å². The Hall–Kier alpha value is -1.80. The first-order valence-electron chi connectivity index (χ1n) is 5.73. The molecule has 0 aliphatic rings. The number of aromatic nitrogens is 3. The number of hydrogen-bond donors (Lipinski definition) is 2. The van der Waals surface area contributed by atoms with Crippen molar-refractivity contribution in [2.75, 3.05) is 43.2 Å². The van der Waals surface area contributed by atoms with Gasteiger partial charge in [0, 0.05) is 34.1 Å². The van der Waals surface area contributed by atoms with Crippen LogP contribution in [-0.4, -0.2) is 48.8 Å². The van der Waals surface area contributed by atoms with Gasteiger partial charge in [0.15, 0.2) is 0 Å². The van der Waals surface area contributed by atoms with E-state index in [1.54, 1.807) is 26.0 Å². The Morgan fingerprint density at radius 2 is 1.74 bits per heavy atom. The minimum atomic E-state index is -4.13. The lowest BCUT2D eigenvalue weighted by molar-refractivity contribution is -0.134. The Bertz CT molecular complexity index is 407. The summed E-state index contributed by atoms with van der Waals surface area (Å²) in [6, 6.07) is 0. The first-order valence-corrected chi connectivity index (χ1v) is 5.73. The summed E-state index contributed by atoms with van der Waals surface area (Å²) in [5, 5.41) is 5.53. The molecule has 0 saturated carbocycles. The predicted octanol–water partition coefficient (Wildman–Crippen LogP) is 1.73. The van der Waals surface area contributed by atoms with Gasteiger partial charge < -0.3 is 15.5 Å². The molecule has 19 heavy (non-hydrogen) atoms. The lowest BCUT2D eigenvalue weighted by Crippen LogP contribution is -2.17. The Morgan fingerprint density at radius 3 is 2.26 bits per heavy atom. The van der Waals surface area contributed by atoms with Crippen molar-refractivity contribution in [2.24, 2.45) is 0 Å². The molecule has 9 heteroatoms. The number of alkyl halides is 3. The molecule has 0 aliphatic heterocycles.